The van der Waals surface area contributed by atoms with E-state index in [9.17, 15) is 9.59 Å². The van der Waals surface area contributed by atoms with Crippen molar-refractivity contribution < 1.29 is 9.59 Å². The largest absolute Gasteiger partial charge is 0.326 e. The van der Waals surface area contributed by atoms with Crippen LogP contribution in [0.25, 0.3) is 10.8 Å². The summed E-state index contributed by atoms with van der Waals surface area (Å²) in [5.41, 5.74) is 6.20. The summed E-state index contributed by atoms with van der Waals surface area (Å²) < 4.78 is 0. The van der Waals surface area contributed by atoms with Crippen LogP contribution in [0, 0.1) is 13.8 Å². The van der Waals surface area contributed by atoms with E-state index in [0.29, 0.717) is 5.69 Å². The summed E-state index contributed by atoms with van der Waals surface area (Å²) >= 11 is 0. The van der Waals surface area contributed by atoms with Crippen LogP contribution in [0.3, 0.4) is 0 Å². The van der Waals surface area contributed by atoms with Gasteiger partial charge in [-0.25, -0.2) is 5.43 Å². The van der Waals surface area contributed by atoms with Gasteiger partial charge in [-0.15, -0.1) is 0 Å². The van der Waals surface area contributed by atoms with Gasteiger partial charge in [0.05, 0.1) is 6.21 Å². The normalized spacial score (nSPS) is 10.9. The Bertz CT molecular complexity index is 1020. The molecule has 2 amide bonds. The number of hydrogen-bond donors (Lipinski definition) is 2. The number of hydrogen-bond acceptors (Lipinski definition) is 3. The minimum Gasteiger partial charge on any atom is -0.326 e. The lowest BCUT2D eigenvalue weighted by molar-refractivity contribution is -0.126. The van der Waals surface area contributed by atoms with Crippen LogP contribution >= 0.6 is 0 Å². The maximum Gasteiger partial charge on any atom is 0.249 e. The summed E-state index contributed by atoms with van der Waals surface area (Å²) in [7, 11) is 0. The third kappa shape index (κ3) is 4.79. The van der Waals surface area contributed by atoms with Crippen molar-refractivity contribution in [1.29, 1.82) is 0 Å². The molecule has 2 N–H and O–H groups in total. The highest BCUT2D eigenvalue weighted by Crippen LogP contribution is 2.17. The maximum absolute atomic E-state index is 12.0. The maximum atomic E-state index is 12.0. The molecule has 27 heavy (non-hydrogen) atoms. The average Bonchev–Trinajstić information content (AvgIpc) is 2.65. The van der Waals surface area contributed by atoms with Crippen molar-refractivity contribution in [1.82, 2.24) is 5.43 Å². The lowest BCUT2D eigenvalue weighted by atomic mass is 10.1. The molecule has 0 saturated heterocycles. The number of nitrogens with one attached hydrogen (secondary N) is 2. The number of benzene rings is 3. The zero-order valence-corrected chi connectivity index (χ0v) is 15.3. The zero-order valence-electron chi connectivity index (χ0n) is 15.3. The van der Waals surface area contributed by atoms with E-state index < -0.39 is 5.91 Å². The van der Waals surface area contributed by atoms with Crippen molar-refractivity contribution >= 4 is 34.5 Å². The Morgan fingerprint density at radius 2 is 1.70 bits per heavy atom. The summed E-state index contributed by atoms with van der Waals surface area (Å²) in [6.07, 6.45) is 1.29. The van der Waals surface area contributed by atoms with Gasteiger partial charge in [0, 0.05) is 11.3 Å². The first-order valence-electron chi connectivity index (χ1n) is 8.70. The van der Waals surface area contributed by atoms with E-state index in [-0.39, 0.29) is 12.3 Å². The van der Waals surface area contributed by atoms with Crippen LogP contribution < -0.4 is 10.7 Å². The fraction of sp³-hybridized carbons (Fsp3) is 0.136. The monoisotopic (exact) mass is 359 g/mol. The van der Waals surface area contributed by atoms with E-state index >= 15 is 0 Å². The molecule has 0 aliphatic heterocycles. The molecule has 0 aliphatic rings. The molecule has 0 heterocycles. The highest BCUT2D eigenvalue weighted by molar-refractivity contribution is 6.04. The predicted octanol–water partition coefficient (Wildman–Crippen LogP) is 3.94. The average molecular weight is 359 g/mol. The SMILES string of the molecule is Cc1ccc(NC(=O)CC(=O)NN=Cc2cccc3ccccc23)cc1C. The van der Waals surface area contributed by atoms with Crippen molar-refractivity contribution in [3.05, 3.63) is 77.4 Å². The minimum atomic E-state index is -0.465. The number of rotatable bonds is 5. The van der Waals surface area contributed by atoms with Crippen molar-refractivity contribution in [3.8, 4) is 0 Å². The topological polar surface area (TPSA) is 70.6 Å². The molecule has 0 saturated carbocycles. The molecule has 0 bridgehead atoms. The molecule has 0 spiro atoms. The third-order valence-corrected chi connectivity index (χ3v) is 4.33. The first kappa shape index (κ1) is 18.3. The van der Waals surface area contributed by atoms with Gasteiger partial charge in [-0.05, 0) is 47.9 Å². The molecule has 5 heteroatoms. The molecule has 0 aliphatic carbocycles. The van der Waals surface area contributed by atoms with E-state index in [1.807, 2.05) is 74.5 Å². The van der Waals surface area contributed by atoms with Crippen LogP contribution in [0.4, 0.5) is 5.69 Å². The number of fused-ring (bicyclic) bond motifs is 1. The van der Waals surface area contributed by atoms with Crippen molar-refractivity contribution in [2.45, 2.75) is 20.3 Å². The predicted molar refractivity (Wildman–Crippen MR) is 109 cm³/mol. The number of carbonyl (C=O) groups is 2. The molecule has 0 atom stereocenters. The second kappa shape index (κ2) is 8.27. The summed E-state index contributed by atoms with van der Waals surface area (Å²) in [6.45, 7) is 3.97. The third-order valence-electron chi connectivity index (χ3n) is 4.33. The van der Waals surface area contributed by atoms with Crippen LogP contribution in [0.5, 0.6) is 0 Å². The molecular weight excluding hydrogens is 338 g/mol. The Balaban J connectivity index is 1.56. The van der Waals surface area contributed by atoms with Crippen molar-refractivity contribution in [3.63, 3.8) is 0 Å². The summed E-state index contributed by atoms with van der Waals surface area (Å²) in [5, 5.41) is 8.84. The molecule has 5 nitrogen and oxygen atoms in total. The van der Waals surface area contributed by atoms with Gasteiger partial charge in [0.2, 0.25) is 11.8 Å². The van der Waals surface area contributed by atoms with Crippen molar-refractivity contribution in [2.24, 2.45) is 5.10 Å². The van der Waals surface area contributed by atoms with Gasteiger partial charge in [0.15, 0.2) is 0 Å². The molecule has 0 fully saturated rings. The molecule has 0 aromatic heterocycles. The Morgan fingerprint density at radius 1 is 0.926 bits per heavy atom. The first-order chi connectivity index (χ1) is 13.0. The van der Waals surface area contributed by atoms with E-state index in [1.54, 1.807) is 6.21 Å². The Labute approximate surface area is 158 Å². The quantitative estimate of drug-likeness (QED) is 0.412. The lowest BCUT2D eigenvalue weighted by Crippen LogP contribution is -2.24. The fourth-order valence-corrected chi connectivity index (χ4v) is 2.75. The number of hydrazone groups is 1. The van der Waals surface area contributed by atoms with E-state index in [2.05, 4.69) is 15.8 Å². The standard InChI is InChI=1S/C22H21N3O2/c1-15-10-11-19(12-16(15)2)24-21(26)13-22(27)25-23-14-18-8-5-7-17-6-3-4-9-20(17)18/h3-12,14H,13H2,1-2H3,(H,24,26)(H,25,27). The summed E-state index contributed by atoms with van der Waals surface area (Å²) in [6, 6.07) is 19.4. The van der Waals surface area contributed by atoms with Crippen LogP contribution in [-0.4, -0.2) is 18.0 Å². The van der Waals surface area contributed by atoms with E-state index in [4.69, 9.17) is 0 Å². The second-order valence-corrected chi connectivity index (χ2v) is 6.39. The van der Waals surface area contributed by atoms with Gasteiger partial charge in [-0.3, -0.25) is 9.59 Å². The molecule has 3 aromatic rings. The smallest absolute Gasteiger partial charge is 0.249 e. The molecule has 0 radical (unpaired) electrons. The number of carbonyl (C=O) groups excluding carboxylic acids is 2. The molecule has 3 aromatic carbocycles. The van der Waals surface area contributed by atoms with Gasteiger partial charge < -0.3 is 5.32 Å². The second-order valence-electron chi connectivity index (χ2n) is 6.39. The zero-order chi connectivity index (χ0) is 19.2. The fourth-order valence-electron chi connectivity index (χ4n) is 2.75. The van der Waals surface area contributed by atoms with Crippen LogP contribution in [0.2, 0.25) is 0 Å². The van der Waals surface area contributed by atoms with Gasteiger partial charge in [0.1, 0.15) is 6.42 Å². The number of anilines is 1. The Kier molecular flexibility index (Phi) is 5.61. The minimum absolute atomic E-state index is 0.292. The number of amides is 2. The van der Waals surface area contributed by atoms with Gasteiger partial charge in [-0.2, -0.15) is 5.10 Å². The van der Waals surface area contributed by atoms with Gasteiger partial charge >= 0.3 is 0 Å². The molecular formula is C22H21N3O2. The lowest BCUT2D eigenvalue weighted by Gasteiger charge is -2.07. The van der Waals surface area contributed by atoms with Gasteiger partial charge in [0.25, 0.3) is 0 Å². The van der Waals surface area contributed by atoms with Crippen LogP contribution in [0.15, 0.2) is 65.8 Å². The van der Waals surface area contributed by atoms with Crippen LogP contribution in [-0.2, 0) is 9.59 Å². The Morgan fingerprint density at radius 3 is 2.52 bits per heavy atom. The number of aryl methyl sites for hydroxylation is 2. The van der Waals surface area contributed by atoms with E-state index in [0.717, 1.165) is 27.5 Å². The number of nitrogens with zero attached hydrogens (tertiary/aromatic N) is 1. The highest BCUT2D eigenvalue weighted by Gasteiger charge is 2.09. The first-order valence-corrected chi connectivity index (χ1v) is 8.70. The molecule has 0 unspecified atom stereocenters. The van der Waals surface area contributed by atoms with E-state index in [1.165, 1.54) is 0 Å². The molecule has 136 valence electrons. The van der Waals surface area contributed by atoms with Gasteiger partial charge in [-0.1, -0.05) is 48.5 Å². The Hall–Kier alpha value is -3.47. The summed E-state index contributed by atoms with van der Waals surface area (Å²) in [5.74, 6) is -0.844. The van der Waals surface area contributed by atoms with Crippen molar-refractivity contribution in [2.75, 3.05) is 5.32 Å². The summed E-state index contributed by atoms with van der Waals surface area (Å²) in [4.78, 5) is 23.9. The molecule has 3 rings (SSSR count). The van der Waals surface area contributed by atoms with Crippen LogP contribution in [0.1, 0.15) is 23.1 Å². The highest BCUT2D eigenvalue weighted by atomic mass is 16.2.